The molecule has 0 radical (unpaired) electrons. The van der Waals surface area contributed by atoms with E-state index < -0.39 is 5.97 Å². The number of aryl methyl sites for hydroxylation is 1. The molecule has 0 unspecified atom stereocenters. The zero-order chi connectivity index (χ0) is 18.5. The molecular formula is C19H23N3O3S. The molecule has 2 heterocycles. The number of amides is 1. The summed E-state index contributed by atoms with van der Waals surface area (Å²) >= 11 is 1.67. The molecule has 7 heteroatoms. The van der Waals surface area contributed by atoms with Gasteiger partial charge in [-0.15, -0.1) is 11.3 Å². The summed E-state index contributed by atoms with van der Waals surface area (Å²) in [6.07, 6.45) is 0.922. The summed E-state index contributed by atoms with van der Waals surface area (Å²) in [5.41, 5.74) is 2.02. The number of carbonyl (C=O) groups excluding carboxylic acids is 2. The van der Waals surface area contributed by atoms with Crippen molar-refractivity contribution >= 4 is 23.2 Å². The van der Waals surface area contributed by atoms with Crippen LogP contribution in [-0.2, 0) is 11.3 Å². The minimum atomic E-state index is -0.430. The Labute approximate surface area is 157 Å². The summed E-state index contributed by atoms with van der Waals surface area (Å²) in [5, 5.41) is 3.18. The smallest absolute Gasteiger partial charge is 0.337 e. The number of benzene rings is 1. The first kappa shape index (κ1) is 18.5. The van der Waals surface area contributed by atoms with E-state index in [0.717, 1.165) is 36.8 Å². The van der Waals surface area contributed by atoms with E-state index in [9.17, 15) is 9.59 Å². The van der Waals surface area contributed by atoms with Gasteiger partial charge >= 0.3 is 5.97 Å². The van der Waals surface area contributed by atoms with Gasteiger partial charge in [-0.05, 0) is 31.5 Å². The van der Waals surface area contributed by atoms with Crippen LogP contribution in [0.5, 0.6) is 0 Å². The summed E-state index contributed by atoms with van der Waals surface area (Å²) < 4.78 is 4.73. The van der Waals surface area contributed by atoms with Gasteiger partial charge in [-0.2, -0.15) is 0 Å². The van der Waals surface area contributed by atoms with Crippen LogP contribution in [-0.4, -0.2) is 59.9 Å². The molecule has 26 heavy (non-hydrogen) atoms. The van der Waals surface area contributed by atoms with Gasteiger partial charge in [0.05, 0.1) is 23.4 Å². The van der Waals surface area contributed by atoms with Gasteiger partial charge in [0.2, 0.25) is 0 Å². The molecule has 1 aliphatic rings. The molecule has 6 nitrogen and oxygen atoms in total. The number of carbonyl (C=O) groups is 2. The molecule has 3 rings (SSSR count). The van der Waals surface area contributed by atoms with E-state index in [0.29, 0.717) is 24.2 Å². The lowest BCUT2D eigenvalue weighted by molar-refractivity contribution is 0.0600. The second kappa shape index (κ2) is 8.42. The minimum Gasteiger partial charge on any atom is -0.465 e. The number of hydrogen-bond acceptors (Lipinski definition) is 6. The van der Waals surface area contributed by atoms with E-state index in [1.807, 2.05) is 11.8 Å². The van der Waals surface area contributed by atoms with Crippen molar-refractivity contribution in [2.45, 2.75) is 19.9 Å². The lowest BCUT2D eigenvalue weighted by Crippen LogP contribution is -2.35. The number of aromatic nitrogens is 1. The van der Waals surface area contributed by atoms with Crippen molar-refractivity contribution in [3.8, 4) is 0 Å². The predicted molar refractivity (Wildman–Crippen MR) is 100 cm³/mol. The van der Waals surface area contributed by atoms with Crippen LogP contribution in [0.15, 0.2) is 29.6 Å². The highest BCUT2D eigenvalue weighted by atomic mass is 32.1. The van der Waals surface area contributed by atoms with E-state index in [1.165, 1.54) is 7.11 Å². The number of thiazole rings is 1. The number of hydrogen-bond donors (Lipinski definition) is 0. The maximum absolute atomic E-state index is 12.8. The van der Waals surface area contributed by atoms with Crippen LogP contribution >= 0.6 is 11.3 Å². The Balaban J connectivity index is 1.63. The molecule has 1 aromatic carbocycles. The Hall–Kier alpha value is -2.25. The van der Waals surface area contributed by atoms with Gasteiger partial charge in [-0.3, -0.25) is 9.69 Å². The van der Waals surface area contributed by atoms with Crippen LogP contribution < -0.4 is 0 Å². The lowest BCUT2D eigenvalue weighted by Gasteiger charge is -2.21. The van der Waals surface area contributed by atoms with Gasteiger partial charge in [-0.1, -0.05) is 6.07 Å². The number of nitrogens with zero attached hydrogens (tertiary/aromatic N) is 3. The van der Waals surface area contributed by atoms with E-state index in [1.54, 1.807) is 35.6 Å². The highest BCUT2D eigenvalue weighted by Crippen LogP contribution is 2.15. The number of methoxy groups -OCH3 is 1. The highest BCUT2D eigenvalue weighted by Gasteiger charge is 2.21. The normalized spacial score (nSPS) is 15.5. The summed E-state index contributed by atoms with van der Waals surface area (Å²) in [7, 11) is 1.34. The van der Waals surface area contributed by atoms with E-state index >= 15 is 0 Å². The lowest BCUT2D eigenvalue weighted by atomic mass is 10.1. The van der Waals surface area contributed by atoms with Crippen molar-refractivity contribution in [2.24, 2.45) is 0 Å². The first-order valence-corrected chi connectivity index (χ1v) is 9.56. The van der Waals surface area contributed by atoms with Crippen molar-refractivity contribution in [1.29, 1.82) is 0 Å². The molecule has 0 saturated carbocycles. The molecule has 0 aliphatic carbocycles. The van der Waals surface area contributed by atoms with Crippen LogP contribution in [0.25, 0.3) is 0 Å². The Morgan fingerprint density at radius 3 is 2.73 bits per heavy atom. The Morgan fingerprint density at radius 1 is 1.19 bits per heavy atom. The quantitative estimate of drug-likeness (QED) is 0.771. The topological polar surface area (TPSA) is 62.7 Å². The summed E-state index contributed by atoms with van der Waals surface area (Å²) in [6.45, 7) is 5.99. The molecule has 1 amide bonds. The summed E-state index contributed by atoms with van der Waals surface area (Å²) in [5.74, 6) is -0.470. The number of esters is 1. The standard InChI is InChI=1S/C19H23N3O3S/c1-14-20-17(13-26-14)12-21-7-4-8-22(10-9-21)18(23)15-5-3-6-16(11-15)19(24)25-2/h3,5-6,11,13H,4,7-10,12H2,1-2H3. The van der Waals surface area contributed by atoms with Gasteiger partial charge < -0.3 is 9.64 Å². The molecule has 1 aromatic heterocycles. The zero-order valence-electron chi connectivity index (χ0n) is 15.1. The van der Waals surface area contributed by atoms with Crippen LogP contribution in [0.2, 0.25) is 0 Å². The minimum absolute atomic E-state index is 0.0397. The molecule has 1 fully saturated rings. The van der Waals surface area contributed by atoms with Gasteiger partial charge in [0.1, 0.15) is 0 Å². The summed E-state index contributed by atoms with van der Waals surface area (Å²) in [6, 6.07) is 6.72. The second-order valence-electron chi connectivity index (χ2n) is 6.35. The molecule has 0 spiro atoms. The SMILES string of the molecule is COC(=O)c1cccc(C(=O)N2CCCN(Cc3csc(C)n3)CC2)c1. The van der Waals surface area contributed by atoms with Crippen molar-refractivity contribution in [1.82, 2.24) is 14.8 Å². The Morgan fingerprint density at radius 2 is 2.00 bits per heavy atom. The van der Waals surface area contributed by atoms with Gasteiger partial charge in [0.25, 0.3) is 5.91 Å². The third kappa shape index (κ3) is 4.47. The number of rotatable bonds is 4. The van der Waals surface area contributed by atoms with Gasteiger partial charge in [0.15, 0.2) is 0 Å². The van der Waals surface area contributed by atoms with Gasteiger partial charge in [0, 0.05) is 43.7 Å². The fraction of sp³-hybridized carbons (Fsp3) is 0.421. The third-order valence-electron chi connectivity index (χ3n) is 4.46. The maximum atomic E-state index is 12.8. The first-order chi connectivity index (χ1) is 12.6. The maximum Gasteiger partial charge on any atom is 0.337 e. The molecule has 1 aliphatic heterocycles. The van der Waals surface area contributed by atoms with Gasteiger partial charge in [-0.25, -0.2) is 9.78 Å². The van der Waals surface area contributed by atoms with Crippen LogP contribution in [0, 0.1) is 6.92 Å². The first-order valence-electron chi connectivity index (χ1n) is 8.68. The molecule has 0 atom stereocenters. The van der Waals surface area contributed by atoms with Crippen molar-refractivity contribution in [3.05, 3.63) is 51.5 Å². The Kier molecular flexibility index (Phi) is 6.00. The zero-order valence-corrected chi connectivity index (χ0v) is 15.9. The van der Waals surface area contributed by atoms with Crippen molar-refractivity contribution in [3.63, 3.8) is 0 Å². The fourth-order valence-electron chi connectivity index (χ4n) is 3.12. The van der Waals surface area contributed by atoms with E-state index in [4.69, 9.17) is 4.74 Å². The molecule has 0 bridgehead atoms. The molecule has 2 aromatic rings. The third-order valence-corrected chi connectivity index (χ3v) is 5.28. The molecular weight excluding hydrogens is 350 g/mol. The average Bonchev–Trinajstić information content (AvgIpc) is 2.93. The van der Waals surface area contributed by atoms with E-state index in [2.05, 4.69) is 15.3 Å². The van der Waals surface area contributed by atoms with Crippen LogP contribution in [0.1, 0.15) is 37.8 Å². The Bertz CT molecular complexity index is 790. The molecule has 1 saturated heterocycles. The molecule has 138 valence electrons. The van der Waals surface area contributed by atoms with Crippen molar-refractivity contribution in [2.75, 3.05) is 33.3 Å². The monoisotopic (exact) mass is 373 g/mol. The summed E-state index contributed by atoms with van der Waals surface area (Å²) in [4.78, 5) is 33.2. The largest absolute Gasteiger partial charge is 0.465 e. The van der Waals surface area contributed by atoms with Crippen LogP contribution in [0.4, 0.5) is 0 Å². The number of ether oxygens (including phenoxy) is 1. The van der Waals surface area contributed by atoms with Crippen molar-refractivity contribution < 1.29 is 14.3 Å². The van der Waals surface area contributed by atoms with E-state index in [-0.39, 0.29) is 5.91 Å². The predicted octanol–water partition coefficient (Wildman–Crippen LogP) is 2.59. The fourth-order valence-corrected chi connectivity index (χ4v) is 3.73. The average molecular weight is 373 g/mol. The van der Waals surface area contributed by atoms with Crippen LogP contribution in [0.3, 0.4) is 0 Å². The molecule has 0 N–H and O–H groups in total. The highest BCUT2D eigenvalue weighted by molar-refractivity contribution is 7.09. The second-order valence-corrected chi connectivity index (χ2v) is 7.41.